The lowest BCUT2D eigenvalue weighted by atomic mass is 10.1. The Labute approximate surface area is 150 Å². The van der Waals surface area contributed by atoms with Crippen LogP contribution in [0.5, 0.6) is 0 Å². The van der Waals surface area contributed by atoms with Crippen LogP contribution in [-0.4, -0.2) is 49.2 Å². The first-order valence-corrected chi connectivity index (χ1v) is 8.02. The molecule has 0 N–H and O–H groups in total. The second-order valence-electron chi connectivity index (χ2n) is 6.04. The number of rotatable bonds is 3. The highest BCUT2D eigenvalue weighted by molar-refractivity contribution is 6.06. The van der Waals surface area contributed by atoms with Gasteiger partial charge in [-0.15, -0.1) is 12.4 Å². The Morgan fingerprint density at radius 3 is 2.12 bits per heavy atom. The maximum atomic E-state index is 13.1. The van der Waals surface area contributed by atoms with Gasteiger partial charge in [-0.05, 0) is 30.7 Å². The van der Waals surface area contributed by atoms with Gasteiger partial charge in [-0.2, -0.15) is 0 Å². The van der Waals surface area contributed by atoms with E-state index in [2.05, 4.69) is 24.1 Å². The fraction of sp³-hybridized carbons (Fsp3) is 0.316. The number of hydrogen-bond acceptors (Lipinski definition) is 3. The fourth-order valence-electron chi connectivity index (χ4n) is 3.06. The first-order chi connectivity index (χ1) is 11.2. The van der Waals surface area contributed by atoms with Gasteiger partial charge in [-0.3, -0.25) is 4.79 Å². The third-order valence-corrected chi connectivity index (χ3v) is 4.48. The van der Waals surface area contributed by atoms with E-state index in [1.807, 2.05) is 65.6 Å². The number of para-hydroxylation sites is 1. The number of anilines is 1. The summed E-state index contributed by atoms with van der Waals surface area (Å²) in [5.74, 6) is 0.0692. The summed E-state index contributed by atoms with van der Waals surface area (Å²) in [6.45, 7) is 1.79. The Balaban J connectivity index is 0.00000208. The lowest BCUT2D eigenvalue weighted by Crippen LogP contribution is -2.55. The number of halogens is 1. The van der Waals surface area contributed by atoms with Crippen molar-refractivity contribution in [3.05, 3.63) is 66.2 Å². The van der Waals surface area contributed by atoms with E-state index in [1.165, 1.54) is 0 Å². The van der Waals surface area contributed by atoms with Crippen LogP contribution < -0.4 is 4.90 Å². The van der Waals surface area contributed by atoms with Crippen LogP contribution in [0.2, 0.25) is 0 Å². The summed E-state index contributed by atoms with van der Waals surface area (Å²) in [4.78, 5) is 15.1. The van der Waals surface area contributed by atoms with Crippen LogP contribution in [0.4, 0.5) is 5.69 Å². The van der Waals surface area contributed by atoms with E-state index in [0.717, 1.165) is 30.8 Å². The van der Waals surface area contributed by atoms with E-state index >= 15 is 0 Å². The maximum absolute atomic E-state index is 13.1. The first kappa shape index (κ1) is 18.5. The van der Waals surface area contributed by atoms with Crippen LogP contribution in [0.3, 0.4) is 0 Å². The Morgan fingerprint density at radius 2 is 1.54 bits per heavy atom. The summed E-state index contributed by atoms with van der Waals surface area (Å²) in [5, 5.41) is 4.38. The highest BCUT2D eigenvalue weighted by Gasteiger charge is 2.31. The van der Waals surface area contributed by atoms with Crippen molar-refractivity contribution in [3.63, 3.8) is 0 Å². The Morgan fingerprint density at radius 1 is 0.958 bits per heavy atom. The van der Waals surface area contributed by atoms with Gasteiger partial charge >= 0.3 is 0 Å². The van der Waals surface area contributed by atoms with Gasteiger partial charge < -0.3 is 4.90 Å². The van der Waals surface area contributed by atoms with Gasteiger partial charge in [0.1, 0.15) is 0 Å². The van der Waals surface area contributed by atoms with E-state index in [1.54, 1.807) is 0 Å². The van der Waals surface area contributed by atoms with Crippen LogP contribution in [-0.2, 0) is 0 Å². The number of nitrogens with zero attached hydrogens (tertiary/aromatic N) is 3. The molecule has 1 aliphatic heterocycles. The van der Waals surface area contributed by atoms with E-state index < -0.39 is 0 Å². The molecule has 1 aliphatic rings. The monoisotopic (exact) mass is 345 g/mol. The second kappa shape index (κ2) is 8.29. The number of carbonyl (C=O) groups is 1. The summed E-state index contributed by atoms with van der Waals surface area (Å²) in [5.41, 5.74) is 1.70. The quantitative estimate of drug-likeness (QED) is 0.854. The Kier molecular flexibility index (Phi) is 6.37. The molecule has 4 nitrogen and oxygen atoms in total. The van der Waals surface area contributed by atoms with Gasteiger partial charge in [-0.1, -0.05) is 36.4 Å². The Bertz CT molecular complexity index is 650. The minimum atomic E-state index is 0. The molecule has 1 saturated heterocycles. The van der Waals surface area contributed by atoms with E-state index in [-0.39, 0.29) is 24.4 Å². The predicted octanol–water partition coefficient (Wildman–Crippen LogP) is 3.31. The normalized spacial score (nSPS) is 18.7. The standard InChI is InChI=1S/C19H23N3O.ClH/c1-20-14-13-18(15-21(20)2)22(17-11-7-4-8-12-17)19(23)16-9-5-3-6-10-16;/h3-12,18H,13-15H2,1-2H3;1H. The summed E-state index contributed by atoms with van der Waals surface area (Å²) < 4.78 is 0. The zero-order chi connectivity index (χ0) is 16.2. The number of hydrazine groups is 1. The lowest BCUT2D eigenvalue weighted by Gasteiger charge is -2.42. The van der Waals surface area contributed by atoms with Crippen molar-refractivity contribution in [2.24, 2.45) is 0 Å². The highest BCUT2D eigenvalue weighted by atomic mass is 35.5. The molecule has 128 valence electrons. The van der Waals surface area contributed by atoms with Crippen LogP contribution in [0.25, 0.3) is 0 Å². The van der Waals surface area contributed by atoms with Crippen LogP contribution in [0.15, 0.2) is 60.7 Å². The molecule has 2 aromatic carbocycles. The van der Waals surface area contributed by atoms with Crippen molar-refractivity contribution in [3.8, 4) is 0 Å². The van der Waals surface area contributed by atoms with E-state index in [4.69, 9.17) is 0 Å². The number of hydrogen-bond donors (Lipinski definition) is 0. The molecule has 0 radical (unpaired) electrons. The largest absolute Gasteiger partial charge is 0.304 e. The van der Waals surface area contributed by atoms with Crippen molar-refractivity contribution in [2.75, 3.05) is 32.1 Å². The SMILES string of the molecule is CN1CCC(N(C(=O)c2ccccc2)c2ccccc2)CN1C.Cl. The molecule has 2 aromatic rings. The van der Waals surface area contributed by atoms with Crippen molar-refractivity contribution >= 4 is 24.0 Å². The van der Waals surface area contributed by atoms with Gasteiger partial charge in [0, 0.05) is 38.4 Å². The number of likely N-dealkylation sites (N-methyl/N-ethyl adjacent to an activating group) is 1. The summed E-state index contributed by atoms with van der Waals surface area (Å²) in [7, 11) is 4.16. The van der Waals surface area contributed by atoms with Crippen LogP contribution in [0, 0.1) is 0 Å². The molecule has 0 aromatic heterocycles. The maximum Gasteiger partial charge on any atom is 0.258 e. The average molecular weight is 346 g/mol. The average Bonchev–Trinajstić information content (AvgIpc) is 2.60. The Hall–Kier alpha value is -1.88. The molecule has 1 heterocycles. The molecular formula is C19H24ClN3O. The molecule has 0 saturated carbocycles. The summed E-state index contributed by atoms with van der Waals surface area (Å²) in [6.07, 6.45) is 0.967. The minimum Gasteiger partial charge on any atom is -0.304 e. The third-order valence-electron chi connectivity index (χ3n) is 4.48. The summed E-state index contributed by atoms with van der Waals surface area (Å²) in [6, 6.07) is 19.7. The molecule has 1 unspecified atom stereocenters. The molecule has 1 fully saturated rings. The zero-order valence-electron chi connectivity index (χ0n) is 14.1. The molecule has 5 heteroatoms. The van der Waals surface area contributed by atoms with Gasteiger partial charge in [0.05, 0.1) is 6.04 Å². The molecule has 0 aliphatic carbocycles. The van der Waals surface area contributed by atoms with Gasteiger partial charge in [0.15, 0.2) is 0 Å². The number of carbonyl (C=O) groups excluding carboxylic acids is 1. The van der Waals surface area contributed by atoms with Gasteiger partial charge in [0.25, 0.3) is 5.91 Å². The minimum absolute atomic E-state index is 0. The molecular weight excluding hydrogens is 322 g/mol. The highest BCUT2D eigenvalue weighted by Crippen LogP contribution is 2.24. The lowest BCUT2D eigenvalue weighted by molar-refractivity contribution is -0.0102. The fourth-order valence-corrected chi connectivity index (χ4v) is 3.06. The molecule has 1 amide bonds. The molecule has 0 bridgehead atoms. The topological polar surface area (TPSA) is 26.8 Å². The number of amides is 1. The second-order valence-corrected chi connectivity index (χ2v) is 6.04. The molecule has 3 rings (SSSR count). The van der Waals surface area contributed by atoms with E-state index in [9.17, 15) is 4.79 Å². The van der Waals surface area contributed by atoms with Crippen molar-refractivity contribution in [1.29, 1.82) is 0 Å². The van der Waals surface area contributed by atoms with Crippen LogP contribution >= 0.6 is 12.4 Å². The van der Waals surface area contributed by atoms with Crippen LogP contribution in [0.1, 0.15) is 16.8 Å². The smallest absolute Gasteiger partial charge is 0.258 e. The number of benzene rings is 2. The molecule has 0 spiro atoms. The van der Waals surface area contributed by atoms with Crippen molar-refractivity contribution in [2.45, 2.75) is 12.5 Å². The predicted molar refractivity (Wildman–Crippen MR) is 101 cm³/mol. The van der Waals surface area contributed by atoms with Gasteiger partial charge in [-0.25, -0.2) is 10.0 Å². The molecule has 24 heavy (non-hydrogen) atoms. The third kappa shape index (κ3) is 3.96. The first-order valence-electron chi connectivity index (χ1n) is 8.02. The van der Waals surface area contributed by atoms with Gasteiger partial charge in [0.2, 0.25) is 0 Å². The van der Waals surface area contributed by atoms with Crippen molar-refractivity contribution < 1.29 is 4.79 Å². The zero-order valence-corrected chi connectivity index (χ0v) is 14.9. The summed E-state index contributed by atoms with van der Waals surface area (Å²) >= 11 is 0. The van der Waals surface area contributed by atoms with Crippen molar-refractivity contribution in [1.82, 2.24) is 10.0 Å². The van der Waals surface area contributed by atoms with E-state index in [0.29, 0.717) is 0 Å². The molecule has 1 atom stereocenters.